The molecular formula is C28H25N2O+. The average molecular weight is 415 g/mol. The van der Waals surface area contributed by atoms with E-state index in [4.69, 9.17) is 16.8 Å². The summed E-state index contributed by atoms with van der Waals surface area (Å²) in [5.74, 6) is 0. The van der Waals surface area contributed by atoms with Crippen molar-refractivity contribution in [3.63, 3.8) is 0 Å². The molecule has 31 heavy (non-hydrogen) atoms. The van der Waals surface area contributed by atoms with E-state index in [2.05, 4.69) is 4.98 Å². The molecule has 3 heteroatoms. The maximum atomic E-state index is 8.56. The molecule has 5 aromatic rings. The Morgan fingerprint density at radius 1 is 1.00 bits per heavy atom. The molecular weight excluding hydrogens is 380 g/mol. The highest BCUT2D eigenvalue weighted by molar-refractivity contribution is 6.12. The van der Waals surface area contributed by atoms with Gasteiger partial charge in [0, 0.05) is 58.0 Å². The maximum Gasteiger partial charge on any atom is 0.216 e. The zero-order valence-electron chi connectivity index (χ0n) is 26.1. The van der Waals surface area contributed by atoms with Crippen molar-refractivity contribution in [2.24, 2.45) is 7.05 Å². The Hall–Kier alpha value is -3.46. The van der Waals surface area contributed by atoms with Crippen LogP contribution in [0.25, 0.3) is 44.3 Å². The second kappa shape index (κ2) is 6.04. The fourth-order valence-corrected chi connectivity index (χ4v) is 4.78. The normalized spacial score (nSPS) is 19.7. The zero-order valence-corrected chi connectivity index (χ0v) is 17.1. The van der Waals surface area contributed by atoms with E-state index in [0.29, 0.717) is 38.7 Å². The molecule has 3 heterocycles. The molecule has 0 fully saturated rings. The quantitative estimate of drug-likeness (QED) is 0.297. The first-order valence-electron chi connectivity index (χ1n) is 14.5. The lowest BCUT2D eigenvalue weighted by Gasteiger charge is -2.20. The Bertz CT molecular complexity index is 1830. The molecule has 2 aromatic carbocycles. The minimum atomic E-state index is -2.99. The van der Waals surface area contributed by atoms with E-state index in [1.807, 2.05) is 25.1 Å². The largest absolute Gasteiger partial charge is 0.455 e. The van der Waals surface area contributed by atoms with Crippen molar-refractivity contribution in [3.8, 4) is 22.4 Å². The summed E-state index contributed by atoms with van der Waals surface area (Å²) in [6, 6.07) is 13.8. The SMILES string of the molecule is [2H]C([2H])([2H])c1cc[n+](C)c(-c2c(C)ccc3c2oc2c4c(ccc23)-c2cccnc2C4(C([2H])([2H])[2H])C([2H])([2H])[2H])c1. The molecule has 1 aliphatic carbocycles. The highest BCUT2D eigenvalue weighted by Gasteiger charge is 2.40. The molecule has 0 spiro atoms. The Balaban J connectivity index is 1.78. The van der Waals surface area contributed by atoms with Crippen molar-refractivity contribution >= 4 is 21.9 Å². The Labute approximate surface area is 194 Å². The fourth-order valence-electron chi connectivity index (χ4n) is 4.78. The molecule has 0 N–H and O–H groups in total. The molecule has 152 valence electrons. The molecule has 0 bridgehead atoms. The number of aryl methyl sites for hydroxylation is 3. The summed E-state index contributed by atoms with van der Waals surface area (Å²) >= 11 is 0. The number of fused-ring (bicyclic) bond motifs is 7. The summed E-state index contributed by atoms with van der Waals surface area (Å²) in [6.07, 6.45) is 3.08. The van der Waals surface area contributed by atoms with Gasteiger partial charge in [-0.15, -0.1) is 0 Å². The number of aromatic nitrogens is 2. The molecule has 6 rings (SSSR count). The van der Waals surface area contributed by atoms with Crippen LogP contribution in [0.15, 0.2) is 65.3 Å². The van der Waals surface area contributed by atoms with Crippen LogP contribution in [-0.2, 0) is 12.5 Å². The first-order chi connectivity index (χ1) is 18.6. The van der Waals surface area contributed by atoms with Gasteiger partial charge >= 0.3 is 0 Å². The van der Waals surface area contributed by atoms with Crippen LogP contribution in [0, 0.1) is 13.8 Å². The summed E-state index contributed by atoms with van der Waals surface area (Å²) in [5.41, 5.74) is 1.31. The molecule has 0 saturated carbocycles. The van der Waals surface area contributed by atoms with Crippen LogP contribution in [0.4, 0.5) is 0 Å². The molecule has 0 amide bonds. The molecule has 0 atom stereocenters. The zero-order chi connectivity index (χ0) is 29.0. The molecule has 0 unspecified atom stereocenters. The molecule has 3 aromatic heterocycles. The lowest BCUT2D eigenvalue weighted by atomic mass is 9.84. The van der Waals surface area contributed by atoms with Gasteiger partial charge in [-0.2, -0.15) is 0 Å². The van der Waals surface area contributed by atoms with Crippen molar-refractivity contribution < 1.29 is 21.3 Å². The highest BCUT2D eigenvalue weighted by Crippen LogP contribution is 2.52. The fraction of sp³-hybridized carbons (Fsp3) is 0.214. The number of hydrogen-bond donors (Lipinski definition) is 0. The molecule has 0 aliphatic heterocycles. The topological polar surface area (TPSA) is 29.9 Å². The van der Waals surface area contributed by atoms with Crippen molar-refractivity contribution in [1.82, 2.24) is 4.98 Å². The lowest BCUT2D eigenvalue weighted by Crippen LogP contribution is -2.30. The standard InChI is InChI=1S/C28H25N2O/c1-16-12-14-30(5)22(15-16)23-17(2)8-9-19-20-11-10-18-21-7-6-13-29-27(21)28(3,4)24(18)26(20)31-25(19)23/h6-15H,1-5H3/q+1/i1D3,3D3,4D3. The average Bonchev–Trinajstić information content (AvgIpc) is 3.37. The van der Waals surface area contributed by atoms with Crippen LogP contribution >= 0.6 is 0 Å². The van der Waals surface area contributed by atoms with E-state index in [-0.39, 0.29) is 22.4 Å². The van der Waals surface area contributed by atoms with Gasteiger partial charge in [-0.05, 0) is 56.3 Å². The van der Waals surface area contributed by atoms with Gasteiger partial charge in [0.05, 0.1) is 11.3 Å². The van der Waals surface area contributed by atoms with Crippen LogP contribution in [0.5, 0.6) is 0 Å². The maximum absolute atomic E-state index is 8.56. The molecule has 0 saturated heterocycles. The van der Waals surface area contributed by atoms with Crippen LogP contribution in [0.1, 0.15) is 48.4 Å². The van der Waals surface area contributed by atoms with E-state index >= 15 is 0 Å². The van der Waals surface area contributed by atoms with Crippen LogP contribution in [-0.4, -0.2) is 4.98 Å². The Morgan fingerprint density at radius 3 is 2.68 bits per heavy atom. The van der Waals surface area contributed by atoms with Crippen LogP contribution in [0.2, 0.25) is 0 Å². The van der Waals surface area contributed by atoms with E-state index in [9.17, 15) is 0 Å². The van der Waals surface area contributed by atoms with Gasteiger partial charge in [0.15, 0.2) is 6.20 Å². The molecule has 0 radical (unpaired) electrons. The summed E-state index contributed by atoms with van der Waals surface area (Å²) in [4.78, 5) is 4.33. The summed E-state index contributed by atoms with van der Waals surface area (Å²) in [7, 11) is 1.80. The molecule has 1 aliphatic rings. The first-order valence-corrected chi connectivity index (χ1v) is 10.0. The number of rotatable bonds is 1. The number of furan rings is 1. The third-order valence-corrected chi connectivity index (χ3v) is 6.25. The number of pyridine rings is 2. The van der Waals surface area contributed by atoms with Crippen LogP contribution in [0.3, 0.4) is 0 Å². The lowest BCUT2D eigenvalue weighted by molar-refractivity contribution is -0.660. The van der Waals surface area contributed by atoms with Crippen molar-refractivity contribution in [3.05, 3.63) is 83.3 Å². The highest BCUT2D eigenvalue weighted by atomic mass is 16.3. The monoisotopic (exact) mass is 414 g/mol. The van der Waals surface area contributed by atoms with Gasteiger partial charge in [-0.1, -0.05) is 24.3 Å². The van der Waals surface area contributed by atoms with Crippen molar-refractivity contribution in [1.29, 1.82) is 0 Å². The summed E-state index contributed by atoms with van der Waals surface area (Å²) in [6.45, 7) is -6.42. The minimum Gasteiger partial charge on any atom is -0.455 e. The van der Waals surface area contributed by atoms with Gasteiger partial charge in [-0.3, -0.25) is 4.98 Å². The van der Waals surface area contributed by atoms with E-state index in [1.54, 1.807) is 48.1 Å². The van der Waals surface area contributed by atoms with Gasteiger partial charge in [0.2, 0.25) is 5.69 Å². The number of hydrogen-bond acceptors (Lipinski definition) is 2. The van der Waals surface area contributed by atoms with E-state index in [1.165, 1.54) is 6.20 Å². The summed E-state index contributed by atoms with van der Waals surface area (Å²) in [5, 5.41) is 1.22. The molecule has 3 nitrogen and oxygen atoms in total. The third kappa shape index (κ3) is 2.35. The van der Waals surface area contributed by atoms with Gasteiger partial charge in [-0.25, -0.2) is 4.57 Å². The first kappa shape index (κ1) is 11.2. The smallest absolute Gasteiger partial charge is 0.216 e. The Kier molecular flexibility index (Phi) is 2.19. The predicted octanol–water partition coefficient (Wildman–Crippen LogP) is 6.40. The number of nitrogens with zero attached hydrogens (tertiary/aromatic N) is 2. The third-order valence-electron chi connectivity index (χ3n) is 6.25. The van der Waals surface area contributed by atoms with Crippen LogP contribution < -0.4 is 4.57 Å². The van der Waals surface area contributed by atoms with E-state index < -0.39 is 26.0 Å². The summed E-state index contributed by atoms with van der Waals surface area (Å²) < 4.78 is 83.4. The van der Waals surface area contributed by atoms with Crippen molar-refractivity contribution in [2.75, 3.05) is 0 Å². The second-order valence-electron chi connectivity index (χ2n) is 8.16. The van der Waals surface area contributed by atoms with Gasteiger partial charge in [0.25, 0.3) is 0 Å². The van der Waals surface area contributed by atoms with E-state index in [0.717, 1.165) is 5.56 Å². The minimum absolute atomic E-state index is 0.0221. The van der Waals surface area contributed by atoms with Gasteiger partial charge in [0.1, 0.15) is 18.2 Å². The number of benzene rings is 2. The Morgan fingerprint density at radius 2 is 1.84 bits per heavy atom. The van der Waals surface area contributed by atoms with Crippen molar-refractivity contribution in [2.45, 2.75) is 32.9 Å². The van der Waals surface area contributed by atoms with Gasteiger partial charge < -0.3 is 4.42 Å². The second-order valence-corrected chi connectivity index (χ2v) is 8.16. The predicted molar refractivity (Wildman–Crippen MR) is 125 cm³/mol.